The summed E-state index contributed by atoms with van der Waals surface area (Å²) in [5.41, 5.74) is 1.72. The average molecular weight is 249 g/mol. The average Bonchev–Trinajstić information content (AvgIpc) is 2.34. The zero-order valence-electron chi connectivity index (χ0n) is 11.7. The number of benzene rings is 1. The van der Waals surface area contributed by atoms with E-state index in [9.17, 15) is 4.79 Å². The molecule has 0 aliphatic heterocycles. The summed E-state index contributed by atoms with van der Waals surface area (Å²) in [4.78, 5) is 14.1. The standard InChI is InChI=1S/C15H23NO2/c1-5-16(10-11-17)14(18)12-8-6-7-9-13(12)15(2,3)4/h6-9,17H,5,10-11H2,1-4H3. The second-order valence-corrected chi connectivity index (χ2v) is 5.40. The molecule has 0 saturated carbocycles. The largest absolute Gasteiger partial charge is 0.395 e. The van der Waals surface area contributed by atoms with Crippen LogP contribution in [0.5, 0.6) is 0 Å². The van der Waals surface area contributed by atoms with E-state index in [-0.39, 0.29) is 17.9 Å². The van der Waals surface area contributed by atoms with E-state index in [1.807, 2.05) is 31.2 Å². The van der Waals surface area contributed by atoms with E-state index >= 15 is 0 Å². The van der Waals surface area contributed by atoms with E-state index in [1.165, 1.54) is 0 Å². The predicted molar refractivity (Wildman–Crippen MR) is 73.8 cm³/mol. The minimum absolute atomic E-state index is 0.00271. The van der Waals surface area contributed by atoms with Crippen LogP contribution in [0.3, 0.4) is 0 Å². The van der Waals surface area contributed by atoms with E-state index in [1.54, 1.807) is 4.90 Å². The quantitative estimate of drug-likeness (QED) is 0.890. The highest BCUT2D eigenvalue weighted by molar-refractivity contribution is 5.96. The molecule has 18 heavy (non-hydrogen) atoms. The fourth-order valence-electron chi connectivity index (χ4n) is 2.02. The van der Waals surface area contributed by atoms with Gasteiger partial charge in [0.05, 0.1) is 6.61 Å². The van der Waals surface area contributed by atoms with Gasteiger partial charge in [0.25, 0.3) is 5.91 Å². The highest BCUT2D eigenvalue weighted by atomic mass is 16.3. The number of hydrogen-bond acceptors (Lipinski definition) is 2. The van der Waals surface area contributed by atoms with Crippen molar-refractivity contribution in [2.45, 2.75) is 33.1 Å². The van der Waals surface area contributed by atoms with Crippen LogP contribution in [0.15, 0.2) is 24.3 Å². The van der Waals surface area contributed by atoms with Crippen LogP contribution >= 0.6 is 0 Å². The number of aliphatic hydroxyl groups excluding tert-OH is 1. The summed E-state index contributed by atoms with van der Waals surface area (Å²) in [5, 5.41) is 9.00. The van der Waals surface area contributed by atoms with Crippen LogP contribution in [0.4, 0.5) is 0 Å². The Hall–Kier alpha value is -1.35. The molecule has 0 spiro atoms. The minimum Gasteiger partial charge on any atom is -0.395 e. The van der Waals surface area contributed by atoms with Crippen molar-refractivity contribution >= 4 is 5.91 Å². The molecule has 0 aliphatic rings. The third-order valence-electron chi connectivity index (χ3n) is 3.00. The maximum absolute atomic E-state index is 12.4. The number of hydrogen-bond donors (Lipinski definition) is 1. The van der Waals surface area contributed by atoms with E-state index in [2.05, 4.69) is 20.8 Å². The third-order valence-corrected chi connectivity index (χ3v) is 3.00. The summed E-state index contributed by atoms with van der Waals surface area (Å²) in [6, 6.07) is 7.71. The summed E-state index contributed by atoms with van der Waals surface area (Å²) in [7, 11) is 0. The van der Waals surface area contributed by atoms with Crippen molar-refractivity contribution in [3.63, 3.8) is 0 Å². The zero-order valence-corrected chi connectivity index (χ0v) is 11.7. The van der Waals surface area contributed by atoms with Gasteiger partial charge in [0.2, 0.25) is 0 Å². The topological polar surface area (TPSA) is 40.5 Å². The Bertz CT molecular complexity index is 407. The van der Waals surface area contributed by atoms with Crippen LogP contribution in [-0.2, 0) is 5.41 Å². The number of carbonyl (C=O) groups excluding carboxylic acids is 1. The van der Waals surface area contributed by atoms with Crippen molar-refractivity contribution in [3.05, 3.63) is 35.4 Å². The van der Waals surface area contributed by atoms with Crippen LogP contribution in [-0.4, -0.2) is 35.6 Å². The molecule has 1 aromatic carbocycles. The van der Waals surface area contributed by atoms with E-state index in [4.69, 9.17) is 5.11 Å². The molecule has 0 heterocycles. The molecule has 1 amide bonds. The summed E-state index contributed by atoms with van der Waals surface area (Å²) in [5.74, 6) is -0.00271. The van der Waals surface area contributed by atoms with Crippen molar-refractivity contribution in [2.75, 3.05) is 19.7 Å². The first kappa shape index (κ1) is 14.7. The van der Waals surface area contributed by atoms with Gasteiger partial charge in [-0.3, -0.25) is 4.79 Å². The molecule has 100 valence electrons. The maximum atomic E-state index is 12.4. The van der Waals surface area contributed by atoms with Gasteiger partial charge in [0.15, 0.2) is 0 Å². The van der Waals surface area contributed by atoms with Gasteiger partial charge in [-0.2, -0.15) is 0 Å². The number of aliphatic hydroxyl groups is 1. The lowest BCUT2D eigenvalue weighted by Gasteiger charge is -2.26. The van der Waals surface area contributed by atoms with Gasteiger partial charge in [-0.25, -0.2) is 0 Å². The second kappa shape index (κ2) is 6.01. The fraction of sp³-hybridized carbons (Fsp3) is 0.533. The maximum Gasteiger partial charge on any atom is 0.254 e. The van der Waals surface area contributed by atoms with Crippen molar-refractivity contribution in [1.82, 2.24) is 4.90 Å². The van der Waals surface area contributed by atoms with Crippen LogP contribution < -0.4 is 0 Å². The molecule has 0 radical (unpaired) electrons. The SMILES string of the molecule is CCN(CCO)C(=O)c1ccccc1C(C)(C)C. The van der Waals surface area contributed by atoms with Crippen LogP contribution in [0.1, 0.15) is 43.6 Å². The summed E-state index contributed by atoms with van der Waals surface area (Å²) in [6.07, 6.45) is 0. The zero-order chi connectivity index (χ0) is 13.8. The Morgan fingerprint density at radius 3 is 2.39 bits per heavy atom. The van der Waals surface area contributed by atoms with Gasteiger partial charge in [0.1, 0.15) is 0 Å². The lowest BCUT2D eigenvalue weighted by Crippen LogP contribution is -2.34. The van der Waals surface area contributed by atoms with Crippen molar-refractivity contribution in [3.8, 4) is 0 Å². The van der Waals surface area contributed by atoms with Gasteiger partial charge in [0, 0.05) is 18.7 Å². The van der Waals surface area contributed by atoms with Gasteiger partial charge in [-0.05, 0) is 24.0 Å². The molecule has 1 rings (SSSR count). The Kier molecular flexibility index (Phi) is 4.91. The van der Waals surface area contributed by atoms with Crippen molar-refractivity contribution in [2.24, 2.45) is 0 Å². The normalized spacial score (nSPS) is 11.4. The Balaban J connectivity index is 3.13. The van der Waals surface area contributed by atoms with Gasteiger partial charge in [-0.1, -0.05) is 39.0 Å². The van der Waals surface area contributed by atoms with Gasteiger partial charge in [-0.15, -0.1) is 0 Å². The molecule has 0 atom stereocenters. The summed E-state index contributed by atoms with van der Waals surface area (Å²) >= 11 is 0. The van der Waals surface area contributed by atoms with Gasteiger partial charge >= 0.3 is 0 Å². The number of rotatable bonds is 4. The third kappa shape index (κ3) is 3.33. The molecule has 3 nitrogen and oxygen atoms in total. The molecular formula is C15H23NO2. The molecular weight excluding hydrogens is 226 g/mol. The van der Waals surface area contributed by atoms with Crippen LogP contribution in [0.25, 0.3) is 0 Å². The highest BCUT2D eigenvalue weighted by Crippen LogP contribution is 2.26. The molecule has 3 heteroatoms. The molecule has 0 aliphatic carbocycles. The fourth-order valence-corrected chi connectivity index (χ4v) is 2.02. The smallest absolute Gasteiger partial charge is 0.254 e. The van der Waals surface area contributed by atoms with E-state index in [0.29, 0.717) is 13.1 Å². The molecule has 0 unspecified atom stereocenters. The highest BCUT2D eigenvalue weighted by Gasteiger charge is 2.23. The number of likely N-dealkylation sites (N-methyl/N-ethyl adjacent to an activating group) is 1. The van der Waals surface area contributed by atoms with Crippen LogP contribution in [0, 0.1) is 0 Å². The number of carbonyl (C=O) groups is 1. The minimum atomic E-state index is -0.0646. The first-order chi connectivity index (χ1) is 8.41. The van der Waals surface area contributed by atoms with E-state index < -0.39 is 0 Å². The second-order valence-electron chi connectivity index (χ2n) is 5.40. The Morgan fingerprint density at radius 1 is 1.28 bits per heavy atom. The lowest BCUT2D eigenvalue weighted by molar-refractivity contribution is 0.0729. The summed E-state index contributed by atoms with van der Waals surface area (Å²) < 4.78 is 0. The Morgan fingerprint density at radius 2 is 1.89 bits per heavy atom. The molecule has 1 aromatic rings. The van der Waals surface area contributed by atoms with Crippen LogP contribution in [0.2, 0.25) is 0 Å². The molecule has 0 fully saturated rings. The first-order valence-corrected chi connectivity index (χ1v) is 6.41. The lowest BCUT2D eigenvalue weighted by atomic mass is 9.83. The van der Waals surface area contributed by atoms with Gasteiger partial charge < -0.3 is 10.0 Å². The van der Waals surface area contributed by atoms with Crippen molar-refractivity contribution in [1.29, 1.82) is 0 Å². The monoisotopic (exact) mass is 249 g/mol. The summed E-state index contributed by atoms with van der Waals surface area (Å²) in [6.45, 7) is 9.21. The first-order valence-electron chi connectivity index (χ1n) is 6.41. The molecule has 1 N–H and O–H groups in total. The number of amides is 1. The molecule has 0 bridgehead atoms. The molecule has 0 aromatic heterocycles. The number of nitrogens with zero attached hydrogens (tertiary/aromatic N) is 1. The Labute approximate surface area is 109 Å². The van der Waals surface area contributed by atoms with Crippen molar-refractivity contribution < 1.29 is 9.90 Å². The molecule has 0 saturated heterocycles. The predicted octanol–water partition coefficient (Wildman–Crippen LogP) is 2.44. The van der Waals surface area contributed by atoms with E-state index in [0.717, 1.165) is 11.1 Å².